The fraction of sp³-hybridized carbons (Fsp3) is 0.333. The van der Waals surface area contributed by atoms with E-state index in [4.69, 9.17) is 10.5 Å². The van der Waals surface area contributed by atoms with Gasteiger partial charge in [-0.25, -0.2) is 4.98 Å². The Kier molecular flexibility index (Phi) is 4.81. The number of anilines is 1. The Balaban J connectivity index is 2.24. The van der Waals surface area contributed by atoms with Crippen LogP contribution in [0.25, 0.3) is 0 Å². The number of amides is 1. The molecule has 0 bridgehead atoms. The molecule has 1 aromatic heterocycles. The zero-order valence-electron chi connectivity index (χ0n) is 12.2. The fourth-order valence-electron chi connectivity index (χ4n) is 2.13. The maximum atomic E-state index is 12.5. The quantitative estimate of drug-likeness (QED) is 0.711. The molecule has 2 rings (SSSR count). The first kappa shape index (κ1) is 14.9. The molecule has 4 N–H and O–H groups in total. The molecule has 0 aliphatic rings. The van der Waals surface area contributed by atoms with Crippen LogP contribution in [0.4, 0.5) is 5.69 Å². The minimum atomic E-state index is -0.264. The van der Waals surface area contributed by atoms with E-state index in [2.05, 4.69) is 15.3 Å². The minimum absolute atomic E-state index is 0.193. The summed E-state index contributed by atoms with van der Waals surface area (Å²) in [6, 6.07) is 5.00. The smallest absolute Gasteiger partial charge is 0.257 e. The highest BCUT2D eigenvalue weighted by Crippen LogP contribution is 2.25. The third-order valence-corrected chi connectivity index (χ3v) is 3.15. The van der Waals surface area contributed by atoms with Crippen molar-refractivity contribution in [3.63, 3.8) is 0 Å². The summed E-state index contributed by atoms with van der Waals surface area (Å²) < 4.78 is 5.48. The van der Waals surface area contributed by atoms with Crippen molar-refractivity contribution in [2.24, 2.45) is 0 Å². The number of nitrogens with zero attached hydrogens (tertiary/aromatic N) is 1. The number of ether oxygens (including phenoxy) is 1. The van der Waals surface area contributed by atoms with Gasteiger partial charge in [-0.2, -0.15) is 0 Å². The zero-order valence-corrected chi connectivity index (χ0v) is 12.2. The van der Waals surface area contributed by atoms with Crippen molar-refractivity contribution < 1.29 is 9.53 Å². The van der Waals surface area contributed by atoms with Gasteiger partial charge in [-0.15, -0.1) is 0 Å². The molecule has 1 heterocycles. The molecule has 0 fully saturated rings. The Bertz CT molecular complexity index is 596. The van der Waals surface area contributed by atoms with Crippen LogP contribution < -0.4 is 15.8 Å². The Morgan fingerprint density at radius 3 is 2.90 bits per heavy atom. The van der Waals surface area contributed by atoms with Crippen molar-refractivity contribution in [3.8, 4) is 5.75 Å². The predicted octanol–water partition coefficient (Wildman–Crippen LogP) is 2.27. The molecule has 1 unspecified atom stereocenters. The SMILES string of the molecule is CCOc1cccc(N)c1C(=O)NC(CC)c1ncc[nH]1. The highest BCUT2D eigenvalue weighted by molar-refractivity contribution is 6.02. The van der Waals surface area contributed by atoms with E-state index >= 15 is 0 Å². The lowest BCUT2D eigenvalue weighted by atomic mass is 10.1. The van der Waals surface area contributed by atoms with Crippen LogP contribution in [0.15, 0.2) is 30.6 Å². The Hall–Kier alpha value is -2.50. The van der Waals surface area contributed by atoms with Crippen molar-refractivity contribution >= 4 is 11.6 Å². The normalized spacial score (nSPS) is 11.9. The molecule has 1 amide bonds. The van der Waals surface area contributed by atoms with E-state index in [1.54, 1.807) is 30.6 Å². The standard InChI is InChI=1S/C15H20N4O2/c1-3-11(14-17-8-9-18-14)19-15(20)13-10(16)6-5-7-12(13)21-4-2/h5-9,11H,3-4,16H2,1-2H3,(H,17,18)(H,19,20). The second-order valence-corrected chi connectivity index (χ2v) is 4.56. The van der Waals surface area contributed by atoms with E-state index in [1.165, 1.54) is 0 Å². The molecule has 0 aliphatic carbocycles. The van der Waals surface area contributed by atoms with Crippen LogP contribution >= 0.6 is 0 Å². The average Bonchev–Trinajstić information content (AvgIpc) is 2.99. The number of carbonyl (C=O) groups excluding carboxylic acids is 1. The number of imidazole rings is 1. The summed E-state index contributed by atoms with van der Waals surface area (Å²) in [5.41, 5.74) is 6.69. The van der Waals surface area contributed by atoms with Crippen LogP contribution in [0.2, 0.25) is 0 Å². The molecule has 6 nitrogen and oxygen atoms in total. The van der Waals surface area contributed by atoms with E-state index in [9.17, 15) is 4.79 Å². The summed E-state index contributed by atoms with van der Waals surface area (Å²) in [5.74, 6) is 0.947. The number of H-pyrrole nitrogens is 1. The Labute approximate surface area is 123 Å². The molecule has 0 aliphatic heterocycles. The van der Waals surface area contributed by atoms with E-state index < -0.39 is 0 Å². The lowest BCUT2D eigenvalue weighted by Crippen LogP contribution is -2.30. The number of nitrogens with two attached hydrogens (primary N) is 1. The van der Waals surface area contributed by atoms with Gasteiger partial charge in [0.15, 0.2) is 0 Å². The van der Waals surface area contributed by atoms with Gasteiger partial charge >= 0.3 is 0 Å². The van der Waals surface area contributed by atoms with Crippen molar-refractivity contribution in [2.75, 3.05) is 12.3 Å². The second-order valence-electron chi connectivity index (χ2n) is 4.56. The lowest BCUT2D eigenvalue weighted by molar-refractivity contribution is 0.0931. The van der Waals surface area contributed by atoms with Gasteiger partial charge in [0.05, 0.1) is 12.6 Å². The first-order valence-electron chi connectivity index (χ1n) is 6.98. The van der Waals surface area contributed by atoms with Gasteiger partial charge in [-0.05, 0) is 25.5 Å². The van der Waals surface area contributed by atoms with Crippen LogP contribution in [0.5, 0.6) is 5.75 Å². The predicted molar refractivity (Wildman–Crippen MR) is 81.1 cm³/mol. The molecule has 1 aromatic carbocycles. The molecule has 0 radical (unpaired) electrons. The molecule has 0 saturated carbocycles. The van der Waals surface area contributed by atoms with Gasteiger partial charge in [-0.1, -0.05) is 13.0 Å². The molecule has 21 heavy (non-hydrogen) atoms. The molecular weight excluding hydrogens is 268 g/mol. The lowest BCUT2D eigenvalue weighted by Gasteiger charge is -2.17. The van der Waals surface area contributed by atoms with Crippen LogP contribution in [0.3, 0.4) is 0 Å². The minimum Gasteiger partial charge on any atom is -0.493 e. The fourth-order valence-corrected chi connectivity index (χ4v) is 2.13. The maximum absolute atomic E-state index is 12.5. The highest BCUT2D eigenvalue weighted by atomic mass is 16.5. The van der Waals surface area contributed by atoms with Gasteiger partial charge in [0.1, 0.15) is 17.1 Å². The van der Waals surface area contributed by atoms with Crippen molar-refractivity contribution in [3.05, 3.63) is 42.0 Å². The molecule has 1 atom stereocenters. The van der Waals surface area contributed by atoms with E-state index in [0.29, 0.717) is 23.6 Å². The first-order chi connectivity index (χ1) is 10.2. The van der Waals surface area contributed by atoms with E-state index in [-0.39, 0.29) is 11.9 Å². The number of aromatic amines is 1. The average molecular weight is 288 g/mol. The number of aromatic nitrogens is 2. The number of rotatable bonds is 6. The number of hydrogen-bond acceptors (Lipinski definition) is 4. The topological polar surface area (TPSA) is 93.0 Å². The Morgan fingerprint density at radius 2 is 2.29 bits per heavy atom. The van der Waals surface area contributed by atoms with E-state index in [1.807, 2.05) is 13.8 Å². The maximum Gasteiger partial charge on any atom is 0.257 e. The number of nitrogen functional groups attached to an aromatic ring is 1. The van der Waals surface area contributed by atoms with Gasteiger partial charge in [-0.3, -0.25) is 4.79 Å². The number of benzene rings is 1. The number of carbonyl (C=O) groups is 1. The van der Waals surface area contributed by atoms with Gasteiger partial charge < -0.3 is 20.8 Å². The second kappa shape index (κ2) is 6.78. The van der Waals surface area contributed by atoms with Crippen molar-refractivity contribution in [1.82, 2.24) is 15.3 Å². The molecule has 2 aromatic rings. The third-order valence-electron chi connectivity index (χ3n) is 3.15. The van der Waals surface area contributed by atoms with Crippen LogP contribution in [-0.2, 0) is 0 Å². The summed E-state index contributed by atoms with van der Waals surface area (Å²) >= 11 is 0. The monoisotopic (exact) mass is 288 g/mol. The zero-order chi connectivity index (χ0) is 15.2. The van der Waals surface area contributed by atoms with Crippen molar-refractivity contribution in [1.29, 1.82) is 0 Å². The van der Waals surface area contributed by atoms with Crippen molar-refractivity contribution in [2.45, 2.75) is 26.3 Å². The van der Waals surface area contributed by atoms with Crippen LogP contribution in [0.1, 0.15) is 42.5 Å². The largest absolute Gasteiger partial charge is 0.493 e. The summed E-state index contributed by atoms with van der Waals surface area (Å²) in [6.07, 6.45) is 4.11. The van der Waals surface area contributed by atoms with Crippen LogP contribution in [-0.4, -0.2) is 22.5 Å². The highest BCUT2D eigenvalue weighted by Gasteiger charge is 2.20. The molecular formula is C15H20N4O2. The first-order valence-corrected chi connectivity index (χ1v) is 6.98. The Morgan fingerprint density at radius 1 is 1.48 bits per heavy atom. The molecule has 112 valence electrons. The summed E-state index contributed by atoms with van der Waals surface area (Å²) in [7, 11) is 0. The van der Waals surface area contributed by atoms with Gasteiger partial charge in [0.2, 0.25) is 0 Å². The molecule has 0 spiro atoms. The summed E-state index contributed by atoms with van der Waals surface area (Å²) in [4.78, 5) is 19.7. The van der Waals surface area contributed by atoms with Crippen LogP contribution in [0, 0.1) is 0 Å². The molecule has 0 saturated heterocycles. The number of hydrogen-bond donors (Lipinski definition) is 3. The molecule has 6 heteroatoms. The third kappa shape index (κ3) is 3.34. The van der Waals surface area contributed by atoms with Gasteiger partial charge in [0, 0.05) is 18.1 Å². The summed E-state index contributed by atoms with van der Waals surface area (Å²) in [6.45, 7) is 4.31. The van der Waals surface area contributed by atoms with Gasteiger partial charge in [0.25, 0.3) is 5.91 Å². The number of nitrogens with one attached hydrogen (secondary N) is 2. The summed E-state index contributed by atoms with van der Waals surface area (Å²) in [5, 5.41) is 2.93. The van der Waals surface area contributed by atoms with E-state index in [0.717, 1.165) is 12.2 Å².